The zero-order valence-corrected chi connectivity index (χ0v) is 21.5. The number of hydrogen-bond acceptors (Lipinski definition) is 5. The van der Waals surface area contributed by atoms with E-state index in [1.54, 1.807) is 13.3 Å². The molecule has 3 aromatic heterocycles. The molecule has 6 rings (SSSR count). The van der Waals surface area contributed by atoms with E-state index in [2.05, 4.69) is 30.8 Å². The lowest BCUT2D eigenvalue weighted by atomic mass is 10.0. The molecule has 2 aromatic carbocycles. The van der Waals surface area contributed by atoms with Crippen LogP contribution in [0.3, 0.4) is 0 Å². The van der Waals surface area contributed by atoms with Gasteiger partial charge in [-0.15, -0.1) is 0 Å². The first kappa shape index (κ1) is 23.7. The van der Waals surface area contributed by atoms with E-state index in [1.807, 2.05) is 103 Å². The molecule has 0 unspecified atom stereocenters. The normalized spacial score (nSPS) is 16.8. The maximum absolute atomic E-state index is 6.04. The van der Waals surface area contributed by atoms with Crippen molar-refractivity contribution in [2.45, 2.75) is 12.1 Å². The van der Waals surface area contributed by atoms with Crippen molar-refractivity contribution < 1.29 is 9.47 Å². The van der Waals surface area contributed by atoms with Crippen molar-refractivity contribution in [1.29, 1.82) is 0 Å². The molecule has 1 N–H and O–H groups in total. The summed E-state index contributed by atoms with van der Waals surface area (Å²) in [6, 6.07) is 31.1. The van der Waals surface area contributed by atoms with E-state index in [9.17, 15) is 0 Å². The molecule has 5 aromatic rings. The van der Waals surface area contributed by atoms with Crippen LogP contribution in [-0.2, 0) is 0 Å². The van der Waals surface area contributed by atoms with Crippen molar-refractivity contribution in [2.24, 2.45) is 0 Å². The summed E-state index contributed by atoms with van der Waals surface area (Å²) in [5, 5.41) is 4.15. The predicted molar refractivity (Wildman–Crippen MR) is 151 cm³/mol. The van der Waals surface area contributed by atoms with E-state index >= 15 is 0 Å². The van der Waals surface area contributed by atoms with E-state index in [4.69, 9.17) is 21.7 Å². The van der Waals surface area contributed by atoms with Crippen LogP contribution in [0, 0.1) is 0 Å². The molecule has 0 spiro atoms. The van der Waals surface area contributed by atoms with Crippen LogP contribution >= 0.6 is 12.2 Å². The van der Waals surface area contributed by atoms with Crippen molar-refractivity contribution in [3.05, 3.63) is 127 Å². The first-order chi connectivity index (χ1) is 18.7. The van der Waals surface area contributed by atoms with Crippen LogP contribution in [0.25, 0.3) is 5.82 Å². The summed E-state index contributed by atoms with van der Waals surface area (Å²) in [4.78, 5) is 11.4. The molecule has 0 aliphatic carbocycles. The van der Waals surface area contributed by atoms with Gasteiger partial charge in [-0.05, 0) is 97.1 Å². The van der Waals surface area contributed by atoms with Crippen LogP contribution in [0.4, 0.5) is 5.69 Å². The summed E-state index contributed by atoms with van der Waals surface area (Å²) in [5.74, 6) is 3.09. The summed E-state index contributed by atoms with van der Waals surface area (Å²) >= 11 is 5.89. The molecule has 2 atom stereocenters. The van der Waals surface area contributed by atoms with Gasteiger partial charge in [-0.2, -0.15) is 0 Å². The van der Waals surface area contributed by atoms with Gasteiger partial charge in [0.2, 0.25) is 0 Å². The fraction of sp³-hybridized carbons (Fsp3) is 0.100. The quantitative estimate of drug-likeness (QED) is 0.255. The number of thiocarbonyl (C=S) groups is 1. The molecule has 4 heterocycles. The number of ether oxygens (including phenoxy) is 2. The van der Waals surface area contributed by atoms with E-state index in [1.165, 1.54) is 0 Å². The number of pyridine rings is 2. The molecule has 8 heteroatoms. The summed E-state index contributed by atoms with van der Waals surface area (Å²) in [6.45, 7) is 0. The minimum atomic E-state index is -0.164. The van der Waals surface area contributed by atoms with Crippen molar-refractivity contribution >= 4 is 23.0 Å². The Morgan fingerprint density at radius 3 is 2.11 bits per heavy atom. The number of benzene rings is 2. The fourth-order valence-corrected chi connectivity index (χ4v) is 5.07. The second-order valence-corrected chi connectivity index (χ2v) is 9.15. The number of methoxy groups -OCH3 is 1. The second kappa shape index (κ2) is 10.4. The van der Waals surface area contributed by atoms with E-state index in [-0.39, 0.29) is 12.1 Å². The number of anilines is 1. The largest absolute Gasteiger partial charge is 0.497 e. The highest BCUT2D eigenvalue weighted by Crippen LogP contribution is 2.42. The standard InChI is InChI=1S/C30H25N5O2S/c1-36-22-14-16-24(17-15-22)37-23-12-10-21(11-13-23)35-29(28(33-30(35)38)25-7-2-4-18-31-25)26-8-6-20-34(26)27-9-3-5-19-32-27/h2-20,28-29H,1H3,(H,33,38)/t28-,29+/m0/s1. The van der Waals surface area contributed by atoms with Crippen molar-refractivity contribution in [3.63, 3.8) is 0 Å². The average Bonchev–Trinajstić information content (AvgIpc) is 3.59. The molecule has 1 aliphatic heterocycles. The Morgan fingerprint density at radius 2 is 1.45 bits per heavy atom. The van der Waals surface area contributed by atoms with Gasteiger partial charge < -0.3 is 24.3 Å². The van der Waals surface area contributed by atoms with Gasteiger partial charge in [0.25, 0.3) is 0 Å². The van der Waals surface area contributed by atoms with Crippen LogP contribution in [-0.4, -0.2) is 26.8 Å². The number of hydrogen-bond donors (Lipinski definition) is 1. The van der Waals surface area contributed by atoms with Crippen LogP contribution in [0.15, 0.2) is 116 Å². The van der Waals surface area contributed by atoms with Crippen molar-refractivity contribution in [2.75, 3.05) is 12.0 Å². The molecule has 0 bridgehead atoms. The highest BCUT2D eigenvalue weighted by Gasteiger charge is 2.42. The molecule has 1 saturated heterocycles. The lowest BCUT2D eigenvalue weighted by Crippen LogP contribution is -2.30. The predicted octanol–water partition coefficient (Wildman–Crippen LogP) is 6.25. The monoisotopic (exact) mass is 519 g/mol. The lowest BCUT2D eigenvalue weighted by molar-refractivity contribution is 0.413. The zero-order chi connectivity index (χ0) is 25.9. The summed E-state index contributed by atoms with van der Waals surface area (Å²) in [6.07, 6.45) is 5.63. The lowest BCUT2D eigenvalue weighted by Gasteiger charge is -2.29. The van der Waals surface area contributed by atoms with Gasteiger partial charge in [0.15, 0.2) is 5.11 Å². The minimum absolute atomic E-state index is 0.156. The van der Waals surface area contributed by atoms with Gasteiger partial charge in [0.05, 0.1) is 18.8 Å². The maximum atomic E-state index is 6.04. The molecule has 1 fully saturated rings. The highest BCUT2D eigenvalue weighted by molar-refractivity contribution is 7.80. The van der Waals surface area contributed by atoms with Gasteiger partial charge >= 0.3 is 0 Å². The molecule has 38 heavy (non-hydrogen) atoms. The van der Waals surface area contributed by atoms with Gasteiger partial charge in [-0.1, -0.05) is 12.1 Å². The Morgan fingerprint density at radius 1 is 0.763 bits per heavy atom. The first-order valence-electron chi connectivity index (χ1n) is 12.2. The molecule has 188 valence electrons. The number of nitrogens with zero attached hydrogens (tertiary/aromatic N) is 4. The molecule has 1 aliphatic rings. The smallest absolute Gasteiger partial charge is 0.174 e. The van der Waals surface area contributed by atoms with Crippen LogP contribution in [0.2, 0.25) is 0 Å². The Hall–Kier alpha value is -4.69. The molecule has 0 saturated carbocycles. The van der Waals surface area contributed by atoms with Crippen LogP contribution < -0.4 is 19.7 Å². The number of nitrogens with one attached hydrogen (secondary N) is 1. The molecule has 0 amide bonds. The molecular formula is C30H25N5O2S. The SMILES string of the molecule is COc1ccc(Oc2ccc(N3C(=S)N[C@@H](c4ccccn4)[C@H]3c3cccn3-c3ccccn3)cc2)cc1. The van der Waals surface area contributed by atoms with Gasteiger partial charge in [-0.3, -0.25) is 4.98 Å². The van der Waals surface area contributed by atoms with Gasteiger partial charge in [0, 0.05) is 30.0 Å². The average molecular weight is 520 g/mol. The zero-order valence-electron chi connectivity index (χ0n) is 20.6. The molecule has 7 nitrogen and oxygen atoms in total. The summed E-state index contributed by atoms with van der Waals surface area (Å²) < 4.78 is 13.4. The molecule has 0 radical (unpaired) electrons. The summed E-state index contributed by atoms with van der Waals surface area (Å²) in [5.41, 5.74) is 2.91. The third kappa shape index (κ3) is 4.57. The Kier molecular flexibility index (Phi) is 6.46. The third-order valence-electron chi connectivity index (χ3n) is 6.49. The van der Waals surface area contributed by atoms with Crippen LogP contribution in [0.1, 0.15) is 23.5 Å². The maximum Gasteiger partial charge on any atom is 0.174 e. The van der Waals surface area contributed by atoms with E-state index < -0.39 is 0 Å². The topological polar surface area (TPSA) is 64.4 Å². The second-order valence-electron chi connectivity index (χ2n) is 8.76. The number of rotatable bonds is 7. The Bertz CT molecular complexity index is 1520. The van der Waals surface area contributed by atoms with Crippen molar-refractivity contribution in [1.82, 2.24) is 19.9 Å². The first-order valence-corrected chi connectivity index (χ1v) is 12.6. The van der Waals surface area contributed by atoms with E-state index in [0.29, 0.717) is 5.11 Å². The van der Waals surface area contributed by atoms with Gasteiger partial charge in [0.1, 0.15) is 29.1 Å². The Labute approximate surface area is 226 Å². The summed E-state index contributed by atoms with van der Waals surface area (Å²) in [7, 11) is 1.64. The highest BCUT2D eigenvalue weighted by atomic mass is 32.1. The molecular weight excluding hydrogens is 494 g/mol. The van der Waals surface area contributed by atoms with Crippen LogP contribution in [0.5, 0.6) is 17.2 Å². The number of aromatic nitrogens is 3. The minimum Gasteiger partial charge on any atom is -0.497 e. The Balaban J connectivity index is 1.36. The van der Waals surface area contributed by atoms with Gasteiger partial charge in [-0.25, -0.2) is 4.98 Å². The van der Waals surface area contributed by atoms with E-state index in [0.717, 1.165) is 40.1 Å². The fourth-order valence-electron chi connectivity index (χ4n) is 4.73. The third-order valence-corrected chi connectivity index (χ3v) is 6.80. The van der Waals surface area contributed by atoms with Crippen molar-refractivity contribution in [3.8, 4) is 23.1 Å².